The molecule has 1 aliphatic heterocycles. The summed E-state index contributed by atoms with van der Waals surface area (Å²) in [6.45, 7) is 3.46. The summed E-state index contributed by atoms with van der Waals surface area (Å²) in [6.07, 6.45) is 4.71. The van der Waals surface area contributed by atoms with Crippen molar-refractivity contribution in [3.63, 3.8) is 0 Å². The molecule has 0 saturated carbocycles. The van der Waals surface area contributed by atoms with Gasteiger partial charge in [0.25, 0.3) is 0 Å². The van der Waals surface area contributed by atoms with Crippen molar-refractivity contribution >= 4 is 23.8 Å². The first-order valence-electron chi connectivity index (χ1n) is 8.66. The summed E-state index contributed by atoms with van der Waals surface area (Å²) in [6, 6.07) is 9.47. The van der Waals surface area contributed by atoms with Gasteiger partial charge in [0.2, 0.25) is 17.7 Å². The predicted molar refractivity (Wildman–Crippen MR) is 96.5 cm³/mol. The van der Waals surface area contributed by atoms with E-state index >= 15 is 0 Å². The summed E-state index contributed by atoms with van der Waals surface area (Å²) in [7, 11) is 0. The lowest BCUT2D eigenvalue weighted by molar-refractivity contribution is -0.136. The molecule has 1 fully saturated rings. The van der Waals surface area contributed by atoms with Gasteiger partial charge in [-0.25, -0.2) is 0 Å². The first-order valence-corrected chi connectivity index (χ1v) is 8.66. The van der Waals surface area contributed by atoms with Gasteiger partial charge in [-0.2, -0.15) is 0 Å². The Morgan fingerprint density at radius 3 is 2.68 bits per heavy atom. The number of carbonyl (C=O) groups excluding carboxylic acids is 3. The molecule has 0 aromatic heterocycles. The fraction of sp³-hybridized carbons (Fsp3) is 0.421. The van der Waals surface area contributed by atoms with E-state index in [1.165, 1.54) is 6.08 Å². The lowest BCUT2D eigenvalue weighted by Gasteiger charge is -2.32. The maximum Gasteiger partial charge on any atom is 0.244 e. The molecule has 6 heteroatoms. The Morgan fingerprint density at radius 2 is 1.96 bits per heavy atom. The van der Waals surface area contributed by atoms with Crippen molar-refractivity contribution in [2.45, 2.75) is 19.8 Å². The SMILES string of the molecule is CCNC(=O)[C@@H]1CCCN(C(=O)CNC(=O)/C=C/c2ccccc2)C1. The van der Waals surface area contributed by atoms with Crippen molar-refractivity contribution in [2.75, 3.05) is 26.2 Å². The molecule has 2 N–H and O–H groups in total. The molecule has 25 heavy (non-hydrogen) atoms. The average molecular weight is 343 g/mol. The highest BCUT2D eigenvalue weighted by Gasteiger charge is 2.27. The normalized spacial score (nSPS) is 17.3. The molecule has 1 aliphatic rings. The van der Waals surface area contributed by atoms with Crippen LogP contribution < -0.4 is 10.6 Å². The fourth-order valence-electron chi connectivity index (χ4n) is 2.81. The lowest BCUT2D eigenvalue weighted by atomic mass is 9.97. The molecule has 134 valence electrons. The van der Waals surface area contributed by atoms with Gasteiger partial charge in [0.1, 0.15) is 0 Å². The van der Waals surface area contributed by atoms with E-state index in [2.05, 4.69) is 10.6 Å². The molecule has 0 unspecified atom stereocenters. The molecule has 1 saturated heterocycles. The number of benzene rings is 1. The topological polar surface area (TPSA) is 78.5 Å². The van der Waals surface area contributed by atoms with E-state index in [1.54, 1.807) is 11.0 Å². The first-order chi connectivity index (χ1) is 12.1. The predicted octanol–water partition coefficient (Wildman–Crippen LogP) is 1.19. The summed E-state index contributed by atoms with van der Waals surface area (Å²) in [5.41, 5.74) is 0.921. The number of hydrogen-bond donors (Lipinski definition) is 2. The Kier molecular flexibility index (Phi) is 7.19. The van der Waals surface area contributed by atoms with E-state index in [0.29, 0.717) is 19.6 Å². The highest BCUT2D eigenvalue weighted by Crippen LogP contribution is 2.16. The number of rotatable bonds is 6. The quantitative estimate of drug-likeness (QED) is 0.762. The number of carbonyl (C=O) groups is 3. The third-order valence-electron chi connectivity index (χ3n) is 4.14. The monoisotopic (exact) mass is 343 g/mol. The van der Waals surface area contributed by atoms with Crippen molar-refractivity contribution < 1.29 is 14.4 Å². The van der Waals surface area contributed by atoms with E-state index in [4.69, 9.17) is 0 Å². The van der Waals surface area contributed by atoms with Crippen LogP contribution in [0, 0.1) is 5.92 Å². The summed E-state index contributed by atoms with van der Waals surface area (Å²) >= 11 is 0. The van der Waals surface area contributed by atoms with Crippen LogP contribution in [0.2, 0.25) is 0 Å². The minimum Gasteiger partial charge on any atom is -0.356 e. The van der Waals surface area contributed by atoms with Crippen LogP contribution in [0.1, 0.15) is 25.3 Å². The van der Waals surface area contributed by atoms with Gasteiger partial charge in [-0.1, -0.05) is 30.3 Å². The van der Waals surface area contributed by atoms with Crippen LogP contribution in [0.15, 0.2) is 36.4 Å². The standard InChI is InChI=1S/C19H25N3O3/c1-2-20-19(25)16-9-6-12-22(14-16)18(24)13-21-17(23)11-10-15-7-4-3-5-8-15/h3-5,7-8,10-11,16H,2,6,9,12-14H2,1H3,(H,20,25)(H,21,23)/b11-10+/t16-/m1/s1. The second-order valence-corrected chi connectivity index (χ2v) is 6.04. The largest absolute Gasteiger partial charge is 0.356 e. The number of nitrogens with zero attached hydrogens (tertiary/aromatic N) is 1. The number of piperidine rings is 1. The Hall–Kier alpha value is -2.63. The second-order valence-electron chi connectivity index (χ2n) is 6.04. The van der Waals surface area contributed by atoms with Crippen molar-refractivity contribution in [3.8, 4) is 0 Å². The van der Waals surface area contributed by atoms with Crippen LogP contribution in [0.5, 0.6) is 0 Å². The van der Waals surface area contributed by atoms with E-state index in [9.17, 15) is 14.4 Å². The highest BCUT2D eigenvalue weighted by atomic mass is 16.2. The molecule has 0 spiro atoms. The Balaban J connectivity index is 1.78. The second kappa shape index (κ2) is 9.61. The van der Waals surface area contributed by atoms with Gasteiger partial charge < -0.3 is 15.5 Å². The van der Waals surface area contributed by atoms with Crippen LogP contribution in [0.3, 0.4) is 0 Å². The molecular weight excluding hydrogens is 318 g/mol. The Morgan fingerprint density at radius 1 is 1.20 bits per heavy atom. The van der Waals surface area contributed by atoms with Crippen LogP contribution in [0.25, 0.3) is 6.08 Å². The zero-order valence-electron chi connectivity index (χ0n) is 14.5. The van der Waals surface area contributed by atoms with Gasteiger partial charge >= 0.3 is 0 Å². The molecule has 1 atom stereocenters. The molecule has 1 aromatic carbocycles. The lowest BCUT2D eigenvalue weighted by Crippen LogP contribution is -2.48. The van der Waals surface area contributed by atoms with E-state index in [0.717, 1.165) is 18.4 Å². The molecule has 0 aliphatic carbocycles. The van der Waals surface area contributed by atoms with Crippen LogP contribution >= 0.6 is 0 Å². The van der Waals surface area contributed by atoms with Crippen molar-refractivity contribution in [2.24, 2.45) is 5.92 Å². The maximum absolute atomic E-state index is 12.3. The van der Waals surface area contributed by atoms with Gasteiger partial charge in [-0.05, 0) is 31.4 Å². The Bertz CT molecular complexity index is 628. The number of nitrogens with one attached hydrogen (secondary N) is 2. The van der Waals surface area contributed by atoms with Crippen molar-refractivity contribution in [3.05, 3.63) is 42.0 Å². The molecule has 3 amide bonds. The number of likely N-dealkylation sites (tertiary alicyclic amines) is 1. The molecular formula is C19H25N3O3. The minimum absolute atomic E-state index is 0.00479. The van der Waals surface area contributed by atoms with Crippen LogP contribution in [-0.2, 0) is 14.4 Å². The third-order valence-corrected chi connectivity index (χ3v) is 4.14. The molecule has 1 heterocycles. The average Bonchev–Trinajstić information content (AvgIpc) is 2.65. The molecule has 2 rings (SSSR count). The zero-order valence-corrected chi connectivity index (χ0v) is 14.5. The fourth-order valence-corrected chi connectivity index (χ4v) is 2.81. The van der Waals surface area contributed by atoms with Crippen molar-refractivity contribution in [1.29, 1.82) is 0 Å². The maximum atomic E-state index is 12.3. The molecule has 0 bridgehead atoms. The van der Waals surface area contributed by atoms with Gasteiger partial charge in [0.05, 0.1) is 12.5 Å². The summed E-state index contributed by atoms with van der Waals surface area (Å²) in [5.74, 6) is -0.633. The first kappa shape index (κ1) is 18.7. The van der Waals surface area contributed by atoms with Gasteiger partial charge in [-0.15, -0.1) is 0 Å². The summed E-state index contributed by atoms with van der Waals surface area (Å²) < 4.78 is 0. The minimum atomic E-state index is -0.311. The molecule has 0 radical (unpaired) electrons. The van der Waals surface area contributed by atoms with E-state index in [-0.39, 0.29) is 30.2 Å². The summed E-state index contributed by atoms with van der Waals surface area (Å²) in [5, 5.41) is 5.40. The van der Waals surface area contributed by atoms with Gasteiger partial charge in [-0.3, -0.25) is 14.4 Å². The molecule has 1 aromatic rings. The van der Waals surface area contributed by atoms with E-state index in [1.807, 2.05) is 37.3 Å². The van der Waals surface area contributed by atoms with Crippen LogP contribution in [-0.4, -0.2) is 48.8 Å². The third kappa shape index (κ3) is 6.06. The zero-order chi connectivity index (χ0) is 18.1. The smallest absolute Gasteiger partial charge is 0.244 e. The number of amides is 3. The van der Waals surface area contributed by atoms with Crippen LogP contribution in [0.4, 0.5) is 0 Å². The van der Waals surface area contributed by atoms with Crippen molar-refractivity contribution in [1.82, 2.24) is 15.5 Å². The van der Waals surface area contributed by atoms with E-state index < -0.39 is 0 Å². The van der Waals surface area contributed by atoms with Gasteiger partial charge in [0.15, 0.2) is 0 Å². The highest BCUT2D eigenvalue weighted by molar-refractivity contribution is 5.94. The number of hydrogen-bond acceptors (Lipinski definition) is 3. The Labute approximate surface area is 148 Å². The van der Waals surface area contributed by atoms with Gasteiger partial charge in [0, 0.05) is 25.7 Å². The molecule has 6 nitrogen and oxygen atoms in total. The summed E-state index contributed by atoms with van der Waals surface area (Å²) in [4.78, 5) is 37.7.